The molecule has 4 nitrogen and oxygen atoms in total. The normalized spacial score (nSPS) is 31.1. The highest BCUT2D eigenvalue weighted by molar-refractivity contribution is 8.13. The number of amides is 1. The fourth-order valence-electron chi connectivity index (χ4n) is 5.52. The van der Waals surface area contributed by atoms with Crippen LogP contribution in [0.25, 0.3) is 0 Å². The fourth-order valence-corrected chi connectivity index (χ4v) is 6.38. The van der Waals surface area contributed by atoms with E-state index in [2.05, 4.69) is 39.3 Å². The molecule has 3 atom stereocenters. The van der Waals surface area contributed by atoms with Crippen molar-refractivity contribution in [2.45, 2.75) is 51.0 Å². The first-order valence-corrected chi connectivity index (χ1v) is 12.7. The lowest BCUT2D eigenvalue weighted by Crippen LogP contribution is -2.51. The van der Waals surface area contributed by atoms with Gasteiger partial charge in [0, 0.05) is 29.7 Å². The Labute approximate surface area is 191 Å². The molecule has 2 fully saturated rings. The van der Waals surface area contributed by atoms with E-state index in [1.165, 1.54) is 30.2 Å². The van der Waals surface area contributed by atoms with Crippen LogP contribution in [-0.2, 0) is 16.8 Å². The molecule has 0 bridgehead atoms. The number of benzene rings is 1. The molecule has 0 saturated heterocycles. The van der Waals surface area contributed by atoms with E-state index < -0.39 is 5.54 Å². The number of amidine groups is 1. The van der Waals surface area contributed by atoms with Crippen LogP contribution in [0, 0.1) is 28.6 Å². The molecule has 31 heavy (non-hydrogen) atoms. The molecular formula is C25H28N3OPS. The summed E-state index contributed by atoms with van der Waals surface area (Å²) >= 11 is 1.53. The summed E-state index contributed by atoms with van der Waals surface area (Å²) in [5, 5.41) is 10.4. The van der Waals surface area contributed by atoms with Crippen LogP contribution < -0.4 is 0 Å². The average molecular weight is 450 g/mol. The van der Waals surface area contributed by atoms with Gasteiger partial charge in [-0.05, 0) is 80.5 Å². The molecule has 1 aromatic carbocycles. The van der Waals surface area contributed by atoms with Crippen molar-refractivity contribution in [1.29, 1.82) is 5.41 Å². The Morgan fingerprint density at radius 2 is 2.13 bits per heavy atom. The van der Waals surface area contributed by atoms with Crippen molar-refractivity contribution in [3.05, 3.63) is 45.8 Å². The van der Waals surface area contributed by atoms with Gasteiger partial charge in [-0.15, -0.1) is 9.24 Å². The minimum Gasteiger partial charge on any atom is -0.305 e. The number of nitrogens with one attached hydrogen (secondary N) is 1. The number of aliphatic imine (C=N–C) groups is 1. The molecule has 3 aliphatic carbocycles. The highest BCUT2D eigenvalue weighted by Crippen LogP contribution is 2.62. The molecule has 1 heterocycles. The number of thioether (sulfide) groups is 1. The van der Waals surface area contributed by atoms with E-state index in [9.17, 15) is 4.79 Å². The van der Waals surface area contributed by atoms with Gasteiger partial charge in [-0.3, -0.25) is 9.69 Å². The molecule has 4 aliphatic rings. The van der Waals surface area contributed by atoms with Crippen LogP contribution in [0.15, 0.2) is 34.1 Å². The maximum absolute atomic E-state index is 14.0. The van der Waals surface area contributed by atoms with Crippen LogP contribution in [0.3, 0.4) is 0 Å². The van der Waals surface area contributed by atoms with Gasteiger partial charge in [0.2, 0.25) is 0 Å². The van der Waals surface area contributed by atoms with Gasteiger partial charge in [-0.1, -0.05) is 35.0 Å². The van der Waals surface area contributed by atoms with Crippen LogP contribution in [-0.4, -0.2) is 35.0 Å². The van der Waals surface area contributed by atoms with Gasteiger partial charge in [0.15, 0.2) is 10.7 Å². The van der Waals surface area contributed by atoms with Crippen molar-refractivity contribution >= 4 is 37.8 Å². The fraction of sp³-hybridized carbons (Fsp3) is 0.480. The quantitative estimate of drug-likeness (QED) is 0.460. The molecule has 5 rings (SSSR count). The summed E-state index contributed by atoms with van der Waals surface area (Å²) in [6.45, 7) is 2.05. The van der Waals surface area contributed by atoms with Gasteiger partial charge in [0.25, 0.3) is 5.91 Å². The topological polar surface area (TPSA) is 56.5 Å². The number of allylic oxidation sites excluding steroid dienone is 2. The third kappa shape index (κ3) is 3.06. The molecule has 1 aromatic rings. The zero-order valence-corrected chi connectivity index (χ0v) is 20.3. The van der Waals surface area contributed by atoms with Crippen LogP contribution in [0.4, 0.5) is 0 Å². The number of rotatable bonds is 0. The summed E-state index contributed by atoms with van der Waals surface area (Å²) in [7, 11) is 4.62. The zero-order chi connectivity index (χ0) is 22.0. The highest BCUT2D eigenvalue weighted by Gasteiger charge is 2.66. The number of likely N-dealkylation sites (N-methyl/N-ethyl adjacent to an activating group) is 1. The highest BCUT2D eigenvalue weighted by atomic mass is 32.2. The van der Waals surface area contributed by atoms with Crippen LogP contribution in [0.1, 0.15) is 55.7 Å². The third-order valence-electron chi connectivity index (χ3n) is 7.35. The summed E-state index contributed by atoms with van der Waals surface area (Å²) in [6, 6.07) is 6.40. The van der Waals surface area contributed by atoms with E-state index in [-0.39, 0.29) is 11.3 Å². The number of hydrogen-bond acceptors (Lipinski definition) is 4. The van der Waals surface area contributed by atoms with Crippen molar-refractivity contribution in [2.24, 2.45) is 16.3 Å². The molecule has 3 unspecified atom stereocenters. The maximum Gasteiger partial charge on any atom is 0.261 e. The summed E-state index contributed by atoms with van der Waals surface area (Å²) in [4.78, 5) is 20.9. The second-order valence-electron chi connectivity index (χ2n) is 9.36. The first kappa shape index (κ1) is 21.0. The lowest BCUT2D eigenvalue weighted by atomic mass is 9.60. The first-order valence-electron chi connectivity index (χ1n) is 10.9. The Kier molecular flexibility index (Phi) is 4.96. The van der Waals surface area contributed by atoms with Gasteiger partial charge in [0.1, 0.15) is 0 Å². The lowest BCUT2D eigenvalue weighted by molar-refractivity contribution is -0.135. The first-order chi connectivity index (χ1) is 14.8. The summed E-state index contributed by atoms with van der Waals surface area (Å²) < 4.78 is 0. The number of hydrogen-bond donors (Lipinski definition) is 1. The van der Waals surface area contributed by atoms with E-state index in [0.717, 1.165) is 40.0 Å². The number of nitrogens with zero attached hydrogens (tertiary/aromatic N) is 2. The second kappa shape index (κ2) is 7.32. The van der Waals surface area contributed by atoms with Gasteiger partial charge in [0.05, 0.1) is 0 Å². The number of carbonyl (C=O) groups is 1. The molecule has 160 valence electrons. The van der Waals surface area contributed by atoms with Gasteiger partial charge >= 0.3 is 0 Å². The molecule has 1 aliphatic heterocycles. The molecule has 6 heteroatoms. The van der Waals surface area contributed by atoms with Crippen molar-refractivity contribution in [3.63, 3.8) is 0 Å². The van der Waals surface area contributed by atoms with E-state index >= 15 is 0 Å². The molecular weight excluding hydrogens is 421 g/mol. The van der Waals surface area contributed by atoms with Crippen LogP contribution >= 0.6 is 21.0 Å². The summed E-state index contributed by atoms with van der Waals surface area (Å²) in [6.07, 6.45) is 7.40. The van der Waals surface area contributed by atoms with E-state index in [1.807, 2.05) is 20.2 Å². The Bertz CT molecular complexity index is 1140. The molecule has 2 saturated carbocycles. The molecule has 0 radical (unpaired) electrons. The molecule has 1 amide bonds. The predicted molar refractivity (Wildman–Crippen MR) is 132 cm³/mol. The Hall–Kier alpha value is -1.89. The van der Waals surface area contributed by atoms with Gasteiger partial charge in [-0.25, -0.2) is 4.99 Å². The Morgan fingerprint density at radius 3 is 2.77 bits per heavy atom. The minimum absolute atomic E-state index is 0.0668. The van der Waals surface area contributed by atoms with Crippen molar-refractivity contribution in [2.75, 3.05) is 13.3 Å². The summed E-state index contributed by atoms with van der Waals surface area (Å²) in [5.74, 6) is 7.31. The lowest BCUT2D eigenvalue weighted by Gasteiger charge is -2.44. The van der Waals surface area contributed by atoms with E-state index in [4.69, 9.17) is 10.4 Å². The molecule has 0 aromatic heterocycles. The average Bonchev–Trinajstić information content (AvgIpc) is 3.50. The molecule has 2 spiro atoms. The van der Waals surface area contributed by atoms with Crippen LogP contribution in [0.5, 0.6) is 0 Å². The van der Waals surface area contributed by atoms with Crippen molar-refractivity contribution < 1.29 is 4.79 Å². The van der Waals surface area contributed by atoms with Crippen LogP contribution in [0.2, 0.25) is 0 Å². The second-order valence-corrected chi connectivity index (χ2v) is 11.0. The number of fused-ring (bicyclic) bond motifs is 3. The standard InChI is InChI=1S/C25H28N3OPS/c1-15(30)19-14-24(11-10-21(19)26)13-18-9-8-17(7-6-16-4-5-16)12-20(18)25(24)22(29)28(2)23(27-25)31-3/h8-9,12,16,26H,4-5,10-11,13-14,30H2,1-3H3/b19-15-,26-21?. The van der Waals surface area contributed by atoms with E-state index in [0.29, 0.717) is 24.5 Å². The van der Waals surface area contributed by atoms with Gasteiger partial charge < -0.3 is 5.41 Å². The Morgan fingerprint density at radius 1 is 1.35 bits per heavy atom. The van der Waals surface area contributed by atoms with Gasteiger partial charge in [-0.2, -0.15) is 0 Å². The third-order valence-corrected chi connectivity index (χ3v) is 8.43. The maximum atomic E-state index is 14.0. The van der Waals surface area contributed by atoms with E-state index in [1.54, 1.807) is 4.90 Å². The monoisotopic (exact) mass is 449 g/mol. The Balaban J connectivity index is 1.71. The van der Waals surface area contributed by atoms with Crippen molar-refractivity contribution in [1.82, 2.24) is 4.90 Å². The smallest absolute Gasteiger partial charge is 0.261 e. The zero-order valence-electron chi connectivity index (χ0n) is 18.3. The SMILES string of the molecule is CSC1=NC2(C(=O)N1C)c1cc(C#CC3CC3)ccc1CC21CCC(=N)/C(=C(/C)P)C1. The summed E-state index contributed by atoms with van der Waals surface area (Å²) in [5.41, 5.74) is 3.74. The minimum atomic E-state index is -0.918. The van der Waals surface area contributed by atoms with Crippen molar-refractivity contribution in [3.8, 4) is 11.8 Å². The largest absolute Gasteiger partial charge is 0.305 e. The number of carbonyl (C=O) groups excluding carboxylic acids is 1. The predicted octanol–water partition coefficient (Wildman–Crippen LogP) is 4.73. The molecule has 1 N–H and O–H groups in total.